The number of hydrogen-bond acceptors (Lipinski definition) is 2. The van der Waals surface area contributed by atoms with Gasteiger partial charge in [0.25, 0.3) is 0 Å². The number of carbonyl (C=O) groups excluding carboxylic acids is 1. The summed E-state index contributed by atoms with van der Waals surface area (Å²) in [4.78, 5) is 14.6. The summed E-state index contributed by atoms with van der Waals surface area (Å²) >= 11 is 0. The highest BCUT2D eigenvalue weighted by Gasteiger charge is 2.59. The van der Waals surface area contributed by atoms with E-state index in [2.05, 4.69) is 26.0 Å². The van der Waals surface area contributed by atoms with Gasteiger partial charge in [-0.05, 0) is 25.0 Å². The third-order valence-electron chi connectivity index (χ3n) is 5.40. The number of carbonyl (C=O) groups is 1. The van der Waals surface area contributed by atoms with Gasteiger partial charge in [-0.25, -0.2) is 4.79 Å². The first-order valence-electron chi connectivity index (χ1n) is 8.39. The molecule has 1 fully saturated rings. The van der Waals surface area contributed by atoms with Crippen molar-refractivity contribution in [3.05, 3.63) is 82.9 Å². The molecular weight excluding hydrogens is 298 g/mol. The van der Waals surface area contributed by atoms with E-state index in [-0.39, 0.29) is 18.2 Å². The molecule has 1 saturated heterocycles. The zero-order valence-corrected chi connectivity index (χ0v) is 14.0. The second-order valence-corrected chi connectivity index (χ2v) is 6.64. The lowest BCUT2D eigenvalue weighted by atomic mass is 9.60. The minimum atomic E-state index is -0.221. The summed E-state index contributed by atoms with van der Waals surface area (Å²) in [6.45, 7) is 4.62. The minimum Gasteiger partial charge on any atom is -0.445 e. The summed E-state index contributed by atoms with van der Waals surface area (Å²) in [7, 11) is 0. The maximum Gasteiger partial charge on any atom is 0.411 e. The van der Waals surface area contributed by atoms with E-state index in [0.29, 0.717) is 12.5 Å². The zero-order chi connectivity index (χ0) is 16.7. The molecule has 4 rings (SSSR count). The van der Waals surface area contributed by atoms with E-state index < -0.39 is 0 Å². The van der Waals surface area contributed by atoms with Gasteiger partial charge >= 0.3 is 6.09 Å². The Morgan fingerprint density at radius 2 is 1.54 bits per heavy atom. The van der Waals surface area contributed by atoms with Crippen LogP contribution in [0.25, 0.3) is 0 Å². The Hall–Kier alpha value is -2.55. The van der Waals surface area contributed by atoms with Crippen LogP contribution >= 0.6 is 0 Å². The van der Waals surface area contributed by atoms with Crippen LogP contribution in [-0.4, -0.2) is 17.0 Å². The molecule has 0 spiro atoms. The van der Waals surface area contributed by atoms with Crippen molar-refractivity contribution < 1.29 is 9.53 Å². The van der Waals surface area contributed by atoms with Crippen molar-refractivity contribution in [3.63, 3.8) is 0 Å². The van der Waals surface area contributed by atoms with E-state index in [4.69, 9.17) is 4.74 Å². The van der Waals surface area contributed by atoms with Crippen LogP contribution in [0.3, 0.4) is 0 Å². The van der Waals surface area contributed by atoms with Gasteiger partial charge in [-0.2, -0.15) is 0 Å². The molecule has 0 radical (unpaired) electrons. The molecule has 1 heterocycles. The van der Waals surface area contributed by atoms with Crippen LogP contribution in [-0.2, 0) is 11.3 Å². The second kappa shape index (κ2) is 5.82. The van der Waals surface area contributed by atoms with Crippen LogP contribution in [0, 0.1) is 5.92 Å². The largest absolute Gasteiger partial charge is 0.445 e. The summed E-state index contributed by atoms with van der Waals surface area (Å²) in [6.07, 6.45) is -0.221. The maximum absolute atomic E-state index is 12.7. The number of amides is 1. The summed E-state index contributed by atoms with van der Waals surface area (Å²) < 4.78 is 5.58. The van der Waals surface area contributed by atoms with Crippen molar-refractivity contribution >= 4 is 6.09 Å². The monoisotopic (exact) mass is 319 g/mol. The quantitative estimate of drug-likeness (QED) is 0.766. The zero-order valence-electron chi connectivity index (χ0n) is 14.0. The van der Waals surface area contributed by atoms with Gasteiger partial charge in [-0.15, -0.1) is 0 Å². The third kappa shape index (κ3) is 2.23. The Kier molecular flexibility index (Phi) is 3.64. The smallest absolute Gasteiger partial charge is 0.411 e. The summed E-state index contributed by atoms with van der Waals surface area (Å²) in [5, 5.41) is 0. The molecule has 1 aliphatic carbocycles. The number of fused-ring (bicyclic) bond motifs is 1. The Morgan fingerprint density at radius 3 is 2.21 bits per heavy atom. The molecule has 3 unspecified atom stereocenters. The van der Waals surface area contributed by atoms with E-state index in [1.54, 1.807) is 0 Å². The SMILES string of the molecule is CC1=C(C)C2C1C(c1ccccc1)N2C(=O)OCc1ccccc1. The van der Waals surface area contributed by atoms with Gasteiger partial charge in [-0.1, -0.05) is 71.8 Å². The lowest BCUT2D eigenvalue weighted by molar-refractivity contribution is -0.0397. The Morgan fingerprint density at radius 1 is 0.917 bits per heavy atom. The molecule has 122 valence electrons. The van der Waals surface area contributed by atoms with Crippen LogP contribution in [0.2, 0.25) is 0 Å². The predicted molar refractivity (Wildman–Crippen MR) is 93.3 cm³/mol. The topological polar surface area (TPSA) is 29.5 Å². The summed E-state index contributed by atoms with van der Waals surface area (Å²) in [5.74, 6) is 0.441. The van der Waals surface area contributed by atoms with Gasteiger partial charge in [0.15, 0.2) is 0 Å². The van der Waals surface area contributed by atoms with Crippen LogP contribution in [0.5, 0.6) is 0 Å². The lowest BCUT2D eigenvalue weighted by Crippen LogP contribution is -2.66. The first-order valence-corrected chi connectivity index (χ1v) is 8.39. The molecule has 0 N–H and O–H groups in total. The molecule has 0 saturated carbocycles. The summed E-state index contributed by atoms with van der Waals surface area (Å²) in [5.41, 5.74) is 4.92. The molecule has 3 heteroatoms. The fraction of sp³-hybridized carbons (Fsp3) is 0.286. The maximum atomic E-state index is 12.7. The van der Waals surface area contributed by atoms with Crippen molar-refractivity contribution in [2.75, 3.05) is 0 Å². The average Bonchev–Trinajstić information content (AvgIpc) is 2.61. The minimum absolute atomic E-state index is 0.100. The highest BCUT2D eigenvalue weighted by Crippen LogP contribution is 2.58. The molecule has 1 aliphatic heterocycles. The fourth-order valence-electron chi connectivity index (χ4n) is 3.98. The number of hydrogen-bond donors (Lipinski definition) is 0. The van der Waals surface area contributed by atoms with E-state index in [0.717, 1.165) is 5.56 Å². The van der Waals surface area contributed by atoms with Crippen molar-refractivity contribution in [1.29, 1.82) is 0 Å². The molecule has 3 atom stereocenters. The standard InChI is InChI=1S/C21H21NO2/c1-14-15(2)19-18(14)20(17-11-7-4-8-12-17)22(19)21(23)24-13-16-9-5-3-6-10-16/h3-12,18-20H,13H2,1-2H3. The van der Waals surface area contributed by atoms with E-state index >= 15 is 0 Å². The van der Waals surface area contributed by atoms with Gasteiger partial charge in [0.05, 0.1) is 12.1 Å². The molecule has 2 aliphatic rings. The molecule has 0 aromatic heterocycles. The van der Waals surface area contributed by atoms with Gasteiger partial charge in [0.1, 0.15) is 6.61 Å². The Balaban J connectivity index is 1.53. The molecular formula is C21H21NO2. The van der Waals surface area contributed by atoms with Crippen molar-refractivity contribution in [2.45, 2.75) is 32.5 Å². The molecule has 24 heavy (non-hydrogen) atoms. The predicted octanol–water partition coefficient (Wildman–Crippen LogP) is 4.71. The van der Waals surface area contributed by atoms with Crippen molar-refractivity contribution in [2.24, 2.45) is 5.92 Å². The number of benzene rings is 2. The van der Waals surface area contributed by atoms with E-state index in [1.807, 2.05) is 53.4 Å². The van der Waals surface area contributed by atoms with Crippen molar-refractivity contribution in [3.8, 4) is 0 Å². The Labute approximate surface area is 142 Å². The highest BCUT2D eigenvalue weighted by molar-refractivity contribution is 5.73. The van der Waals surface area contributed by atoms with Crippen LogP contribution < -0.4 is 0 Å². The van der Waals surface area contributed by atoms with Crippen LogP contribution in [0.15, 0.2) is 71.8 Å². The van der Waals surface area contributed by atoms with Crippen molar-refractivity contribution in [1.82, 2.24) is 4.90 Å². The van der Waals surface area contributed by atoms with E-state index in [9.17, 15) is 4.79 Å². The van der Waals surface area contributed by atoms with Gasteiger partial charge in [0, 0.05) is 5.92 Å². The van der Waals surface area contributed by atoms with E-state index in [1.165, 1.54) is 16.7 Å². The highest BCUT2D eigenvalue weighted by atomic mass is 16.6. The number of rotatable bonds is 3. The normalized spacial score (nSPS) is 24.8. The molecule has 0 bridgehead atoms. The second-order valence-electron chi connectivity index (χ2n) is 6.64. The number of ether oxygens (including phenoxy) is 1. The Bertz CT molecular complexity index is 782. The first-order chi connectivity index (χ1) is 11.7. The first kappa shape index (κ1) is 15.0. The fourth-order valence-corrected chi connectivity index (χ4v) is 3.98. The number of likely N-dealkylation sites (tertiary alicyclic amines) is 1. The average molecular weight is 319 g/mol. The third-order valence-corrected chi connectivity index (χ3v) is 5.40. The van der Waals surface area contributed by atoms with Gasteiger partial charge in [0.2, 0.25) is 0 Å². The van der Waals surface area contributed by atoms with Crippen LogP contribution in [0.1, 0.15) is 31.0 Å². The van der Waals surface area contributed by atoms with Gasteiger partial charge in [-0.3, -0.25) is 4.90 Å². The summed E-state index contributed by atoms with van der Waals surface area (Å²) in [6, 6.07) is 20.4. The molecule has 3 nitrogen and oxygen atoms in total. The molecule has 2 aromatic carbocycles. The lowest BCUT2D eigenvalue weighted by Gasteiger charge is -2.61. The molecule has 1 amide bonds. The van der Waals surface area contributed by atoms with Crippen LogP contribution in [0.4, 0.5) is 4.79 Å². The molecule has 2 aromatic rings. The number of nitrogens with zero attached hydrogens (tertiary/aromatic N) is 1. The van der Waals surface area contributed by atoms with Gasteiger partial charge < -0.3 is 4.74 Å².